The molecule has 1 saturated carbocycles. The predicted octanol–water partition coefficient (Wildman–Crippen LogP) is 2.38. The molecule has 5 heteroatoms. The van der Waals surface area contributed by atoms with Gasteiger partial charge in [0.05, 0.1) is 11.6 Å². The highest BCUT2D eigenvalue weighted by atomic mass is 15.3. The summed E-state index contributed by atoms with van der Waals surface area (Å²) in [6.45, 7) is 2.35. The first-order chi connectivity index (χ1) is 9.18. The molecule has 2 aromatic heterocycles. The van der Waals surface area contributed by atoms with E-state index in [0.717, 1.165) is 22.8 Å². The van der Waals surface area contributed by atoms with Gasteiger partial charge in [0.15, 0.2) is 5.65 Å². The number of hydrogen-bond donors (Lipinski definition) is 0. The van der Waals surface area contributed by atoms with E-state index in [4.69, 9.17) is 0 Å². The molecule has 1 fully saturated rings. The van der Waals surface area contributed by atoms with E-state index in [2.05, 4.69) is 33.9 Å². The number of fused-ring (bicyclic) bond motifs is 1. The fourth-order valence-electron chi connectivity index (χ4n) is 3.26. The summed E-state index contributed by atoms with van der Waals surface area (Å²) in [5.41, 5.74) is 0.903. The maximum Gasteiger partial charge on any atom is 0.163 e. The van der Waals surface area contributed by atoms with Crippen LogP contribution in [0.2, 0.25) is 0 Å². The number of anilines is 1. The second kappa shape index (κ2) is 4.79. The maximum atomic E-state index is 4.49. The van der Waals surface area contributed by atoms with E-state index in [1.807, 2.05) is 13.2 Å². The SMILES string of the molecule is C[C@H]1CCCC[C@H]1N(C)c1ncnc2c1cnn2C. The summed E-state index contributed by atoms with van der Waals surface area (Å²) in [6.07, 6.45) is 8.76. The van der Waals surface area contributed by atoms with Crippen molar-refractivity contribution in [2.45, 2.75) is 38.6 Å². The van der Waals surface area contributed by atoms with E-state index < -0.39 is 0 Å². The fraction of sp³-hybridized carbons (Fsp3) is 0.643. The standard InChI is InChI=1S/C14H21N5/c1-10-6-4-5-7-12(10)18(2)13-11-8-17-19(3)14(11)16-9-15-13/h8-10,12H,4-7H2,1-3H3/t10-,12+/m0/s1. The highest BCUT2D eigenvalue weighted by Crippen LogP contribution is 2.31. The summed E-state index contributed by atoms with van der Waals surface area (Å²) in [4.78, 5) is 11.1. The van der Waals surface area contributed by atoms with Crippen molar-refractivity contribution in [1.29, 1.82) is 0 Å². The van der Waals surface area contributed by atoms with Crippen molar-refractivity contribution < 1.29 is 0 Å². The van der Waals surface area contributed by atoms with Crippen molar-refractivity contribution in [3.8, 4) is 0 Å². The summed E-state index contributed by atoms with van der Waals surface area (Å²) in [5.74, 6) is 1.73. The molecule has 0 aliphatic heterocycles. The highest BCUT2D eigenvalue weighted by molar-refractivity contribution is 5.86. The molecule has 0 bridgehead atoms. The van der Waals surface area contributed by atoms with Gasteiger partial charge in [0.2, 0.25) is 0 Å². The molecule has 102 valence electrons. The van der Waals surface area contributed by atoms with Crippen LogP contribution in [0, 0.1) is 5.92 Å². The summed E-state index contributed by atoms with van der Waals surface area (Å²) < 4.78 is 1.80. The molecule has 2 aromatic rings. The molecule has 3 rings (SSSR count). The van der Waals surface area contributed by atoms with Gasteiger partial charge in [0.25, 0.3) is 0 Å². The van der Waals surface area contributed by atoms with Crippen LogP contribution in [0.1, 0.15) is 32.6 Å². The number of rotatable bonds is 2. The molecule has 0 unspecified atom stereocenters. The van der Waals surface area contributed by atoms with Crippen molar-refractivity contribution in [2.24, 2.45) is 13.0 Å². The molecule has 0 amide bonds. The second-order valence-corrected chi connectivity index (χ2v) is 5.64. The summed E-state index contributed by atoms with van der Waals surface area (Å²) >= 11 is 0. The molecule has 1 aliphatic carbocycles. The van der Waals surface area contributed by atoms with E-state index >= 15 is 0 Å². The molecule has 19 heavy (non-hydrogen) atoms. The van der Waals surface area contributed by atoms with Gasteiger partial charge in [0.1, 0.15) is 12.1 Å². The summed E-state index contributed by atoms with van der Waals surface area (Å²) in [7, 11) is 4.07. The van der Waals surface area contributed by atoms with Gasteiger partial charge in [-0.05, 0) is 18.8 Å². The van der Waals surface area contributed by atoms with Crippen LogP contribution in [0.3, 0.4) is 0 Å². The number of nitrogens with zero attached hydrogens (tertiary/aromatic N) is 5. The Hall–Kier alpha value is -1.65. The van der Waals surface area contributed by atoms with Crippen LogP contribution in [0.25, 0.3) is 11.0 Å². The smallest absolute Gasteiger partial charge is 0.163 e. The zero-order valence-electron chi connectivity index (χ0n) is 11.9. The minimum absolute atomic E-state index is 0.576. The first kappa shape index (κ1) is 12.4. The molecule has 0 saturated heterocycles. The Bertz CT molecular complexity index is 576. The minimum atomic E-state index is 0.576. The molecule has 0 spiro atoms. The van der Waals surface area contributed by atoms with Crippen molar-refractivity contribution in [3.05, 3.63) is 12.5 Å². The van der Waals surface area contributed by atoms with Crippen molar-refractivity contribution in [1.82, 2.24) is 19.7 Å². The van der Waals surface area contributed by atoms with Crippen LogP contribution in [-0.2, 0) is 7.05 Å². The number of aromatic nitrogens is 4. The molecule has 0 N–H and O–H groups in total. The number of aryl methyl sites for hydroxylation is 1. The van der Waals surface area contributed by atoms with Crippen LogP contribution >= 0.6 is 0 Å². The molecular weight excluding hydrogens is 238 g/mol. The van der Waals surface area contributed by atoms with Crippen LogP contribution in [-0.4, -0.2) is 32.8 Å². The zero-order chi connectivity index (χ0) is 13.4. The lowest BCUT2D eigenvalue weighted by Crippen LogP contribution is -2.39. The predicted molar refractivity (Wildman–Crippen MR) is 76.1 cm³/mol. The van der Waals surface area contributed by atoms with Gasteiger partial charge < -0.3 is 4.90 Å². The molecule has 0 radical (unpaired) electrons. The zero-order valence-corrected chi connectivity index (χ0v) is 11.9. The Morgan fingerprint density at radius 3 is 2.84 bits per heavy atom. The summed E-state index contributed by atoms with van der Waals surface area (Å²) in [5, 5.41) is 5.34. The third-order valence-corrected chi connectivity index (χ3v) is 4.41. The largest absolute Gasteiger partial charge is 0.356 e. The van der Waals surface area contributed by atoms with Gasteiger partial charge in [-0.15, -0.1) is 0 Å². The second-order valence-electron chi connectivity index (χ2n) is 5.64. The lowest BCUT2D eigenvalue weighted by atomic mass is 9.85. The lowest BCUT2D eigenvalue weighted by Gasteiger charge is -2.37. The van der Waals surface area contributed by atoms with Gasteiger partial charge in [0, 0.05) is 20.1 Å². The molecule has 1 aliphatic rings. The van der Waals surface area contributed by atoms with Gasteiger partial charge in [-0.3, -0.25) is 4.68 Å². The van der Waals surface area contributed by atoms with E-state index in [9.17, 15) is 0 Å². The lowest BCUT2D eigenvalue weighted by molar-refractivity contribution is 0.321. The fourth-order valence-corrected chi connectivity index (χ4v) is 3.26. The molecule has 5 nitrogen and oxygen atoms in total. The van der Waals surface area contributed by atoms with E-state index in [1.54, 1.807) is 11.0 Å². The first-order valence-electron chi connectivity index (χ1n) is 7.04. The van der Waals surface area contributed by atoms with Crippen LogP contribution in [0.15, 0.2) is 12.5 Å². The topological polar surface area (TPSA) is 46.8 Å². The Kier molecular flexibility index (Phi) is 3.12. The Morgan fingerprint density at radius 1 is 1.26 bits per heavy atom. The van der Waals surface area contributed by atoms with Crippen molar-refractivity contribution >= 4 is 16.9 Å². The van der Waals surface area contributed by atoms with Crippen molar-refractivity contribution in [2.75, 3.05) is 11.9 Å². The Labute approximate surface area is 113 Å². The third kappa shape index (κ3) is 2.07. The normalized spacial score (nSPS) is 23.7. The maximum absolute atomic E-state index is 4.49. The minimum Gasteiger partial charge on any atom is -0.356 e. The monoisotopic (exact) mass is 259 g/mol. The first-order valence-corrected chi connectivity index (χ1v) is 7.04. The van der Waals surface area contributed by atoms with E-state index in [1.165, 1.54) is 25.7 Å². The van der Waals surface area contributed by atoms with Crippen LogP contribution in [0.4, 0.5) is 5.82 Å². The van der Waals surface area contributed by atoms with E-state index in [-0.39, 0.29) is 0 Å². The summed E-state index contributed by atoms with van der Waals surface area (Å²) in [6, 6.07) is 0.576. The molecule has 2 heterocycles. The Balaban J connectivity index is 1.99. The van der Waals surface area contributed by atoms with Crippen LogP contribution < -0.4 is 4.90 Å². The average molecular weight is 259 g/mol. The average Bonchev–Trinajstić information content (AvgIpc) is 2.80. The van der Waals surface area contributed by atoms with Crippen molar-refractivity contribution in [3.63, 3.8) is 0 Å². The van der Waals surface area contributed by atoms with Gasteiger partial charge in [-0.25, -0.2) is 9.97 Å². The molecule has 2 atom stereocenters. The highest BCUT2D eigenvalue weighted by Gasteiger charge is 2.27. The Morgan fingerprint density at radius 2 is 2.05 bits per heavy atom. The van der Waals surface area contributed by atoms with Crippen LogP contribution in [0.5, 0.6) is 0 Å². The molecular formula is C14H21N5. The van der Waals surface area contributed by atoms with Gasteiger partial charge in [-0.1, -0.05) is 19.8 Å². The number of hydrogen-bond acceptors (Lipinski definition) is 4. The quantitative estimate of drug-likeness (QED) is 0.830. The van der Waals surface area contributed by atoms with E-state index in [0.29, 0.717) is 6.04 Å². The third-order valence-electron chi connectivity index (χ3n) is 4.41. The van der Waals surface area contributed by atoms with Gasteiger partial charge >= 0.3 is 0 Å². The van der Waals surface area contributed by atoms with Gasteiger partial charge in [-0.2, -0.15) is 5.10 Å². The molecule has 0 aromatic carbocycles.